The Labute approximate surface area is 166 Å². The van der Waals surface area contributed by atoms with Gasteiger partial charge in [0.2, 0.25) is 5.91 Å². The van der Waals surface area contributed by atoms with Gasteiger partial charge < -0.3 is 9.80 Å². The molecule has 3 rings (SSSR count). The van der Waals surface area contributed by atoms with Crippen molar-refractivity contribution in [3.63, 3.8) is 0 Å². The van der Waals surface area contributed by atoms with Gasteiger partial charge in [0.05, 0.1) is 5.69 Å². The highest BCUT2D eigenvalue weighted by atomic mass is 19.1. The maximum atomic E-state index is 14.4. The highest BCUT2D eigenvalue weighted by molar-refractivity contribution is 5.94. The number of amides is 1. The van der Waals surface area contributed by atoms with E-state index in [4.69, 9.17) is 0 Å². The molecule has 0 aliphatic carbocycles. The summed E-state index contributed by atoms with van der Waals surface area (Å²) < 4.78 is 27.4. The molecule has 1 fully saturated rings. The zero-order valence-electron chi connectivity index (χ0n) is 16.6. The Balaban J connectivity index is 1.66. The minimum absolute atomic E-state index is 0.00794. The summed E-state index contributed by atoms with van der Waals surface area (Å²) in [5, 5.41) is 0. The van der Waals surface area contributed by atoms with Crippen LogP contribution in [-0.2, 0) is 11.2 Å². The van der Waals surface area contributed by atoms with Crippen molar-refractivity contribution >= 4 is 11.6 Å². The maximum Gasteiger partial charge on any atom is 0.227 e. The fraction of sp³-hybridized carbons (Fsp3) is 0.435. The normalized spacial score (nSPS) is 20.1. The highest BCUT2D eigenvalue weighted by Crippen LogP contribution is 2.30. The molecular weight excluding hydrogens is 358 g/mol. The molecule has 1 saturated heterocycles. The quantitative estimate of drug-likeness (QED) is 0.721. The third-order valence-electron chi connectivity index (χ3n) is 5.59. The van der Waals surface area contributed by atoms with E-state index in [2.05, 4.69) is 11.8 Å². The maximum absolute atomic E-state index is 14.4. The summed E-state index contributed by atoms with van der Waals surface area (Å²) in [7, 11) is 0. The van der Waals surface area contributed by atoms with Crippen molar-refractivity contribution in [2.75, 3.05) is 24.5 Å². The molecule has 0 N–H and O–H groups in total. The smallest absolute Gasteiger partial charge is 0.227 e. The molecule has 0 spiro atoms. The third kappa shape index (κ3) is 4.76. The molecule has 2 atom stereocenters. The Kier molecular flexibility index (Phi) is 6.79. The number of halogens is 2. The number of rotatable bonds is 6. The Bertz CT molecular complexity index is 793. The van der Waals surface area contributed by atoms with Crippen molar-refractivity contribution in [1.82, 2.24) is 4.90 Å². The Morgan fingerprint density at radius 2 is 1.86 bits per heavy atom. The Morgan fingerprint density at radius 3 is 2.50 bits per heavy atom. The topological polar surface area (TPSA) is 23.6 Å². The molecule has 0 radical (unpaired) electrons. The minimum atomic E-state index is -0.352. The molecule has 3 nitrogen and oxygen atoms in total. The average molecular weight is 386 g/mol. The van der Waals surface area contributed by atoms with Crippen molar-refractivity contribution in [3.05, 3.63) is 65.7 Å². The van der Waals surface area contributed by atoms with Crippen LogP contribution in [0.4, 0.5) is 14.5 Å². The van der Waals surface area contributed by atoms with Crippen molar-refractivity contribution in [1.29, 1.82) is 0 Å². The molecule has 0 saturated carbocycles. The molecule has 5 heteroatoms. The second-order valence-corrected chi connectivity index (χ2v) is 7.58. The van der Waals surface area contributed by atoms with Gasteiger partial charge in [0.25, 0.3) is 0 Å². The second kappa shape index (κ2) is 9.28. The molecule has 1 amide bonds. The number of carbonyl (C=O) groups excluding carboxylic acids is 1. The molecule has 0 aromatic heterocycles. The molecule has 2 aromatic carbocycles. The predicted molar refractivity (Wildman–Crippen MR) is 108 cm³/mol. The predicted octanol–water partition coefficient (Wildman–Crippen LogP) is 4.66. The highest BCUT2D eigenvalue weighted by Gasteiger charge is 2.34. The summed E-state index contributed by atoms with van der Waals surface area (Å²) in [6.07, 6.45) is 2.03. The van der Waals surface area contributed by atoms with Crippen molar-refractivity contribution in [2.45, 2.75) is 39.2 Å². The second-order valence-electron chi connectivity index (χ2n) is 7.58. The van der Waals surface area contributed by atoms with Crippen molar-refractivity contribution < 1.29 is 13.6 Å². The van der Waals surface area contributed by atoms with E-state index >= 15 is 0 Å². The van der Waals surface area contributed by atoms with Crippen LogP contribution < -0.4 is 4.90 Å². The van der Waals surface area contributed by atoms with Gasteiger partial charge in [0.1, 0.15) is 11.6 Å². The van der Waals surface area contributed by atoms with Gasteiger partial charge in [-0.2, -0.15) is 0 Å². The first-order valence-corrected chi connectivity index (χ1v) is 10.0. The average Bonchev–Trinajstić information content (AvgIpc) is 2.70. The van der Waals surface area contributed by atoms with Crippen LogP contribution in [0.15, 0.2) is 48.5 Å². The van der Waals surface area contributed by atoms with Crippen LogP contribution in [0.25, 0.3) is 0 Å². The standard InChI is InChI=1S/C23H28F2N2O/c1-3-23(28)27(22-7-5-4-6-20(22)25)21-13-15-26(16-17(21)2)14-12-18-8-10-19(24)11-9-18/h4-11,17,21H,3,12-16H2,1-2H3. The summed E-state index contributed by atoms with van der Waals surface area (Å²) >= 11 is 0. The summed E-state index contributed by atoms with van der Waals surface area (Å²) in [6.45, 7) is 6.56. The van der Waals surface area contributed by atoms with E-state index in [0.717, 1.165) is 38.0 Å². The van der Waals surface area contributed by atoms with Crippen LogP contribution in [0.2, 0.25) is 0 Å². The molecule has 1 aliphatic heterocycles. The monoisotopic (exact) mass is 386 g/mol. The number of benzene rings is 2. The largest absolute Gasteiger partial charge is 0.306 e. The van der Waals surface area contributed by atoms with Crippen LogP contribution in [-0.4, -0.2) is 36.5 Å². The molecule has 0 bridgehead atoms. The number of nitrogens with zero attached hydrogens (tertiary/aromatic N) is 2. The zero-order chi connectivity index (χ0) is 20.1. The van der Waals surface area contributed by atoms with Gasteiger partial charge in [-0.15, -0.1) is 0 Å². The molecule has 2 aromatic rings. The van der Waals surface area contributed by atoms with E-state index in [1.54, 1.807) is 23.1 Å². The number of piperidine rings is 1. The first-order valence-electron chi connectivity index (χ1n) is 10.0. The van der Waals surface area contributed by atoms with E-state index < -0.39 is 0 Å². The SMILES string of the molecule is CCC(=O)N(c1ccccc1F)C1CCN(CCc2ccc(F)cc2)CC1C. The van der Waals surface area contributed by atoms with Crippen molar-refractivity contribution in [2.24, 2.45) is 5.92 Å². The lowest BCUT2D eigenvalue weighted by Crippen LogP contribution is -2.52. The van der Waals surface area contributed by atoms with E-state index in [1.807, 2.05) is 19.1 Å². The lowest BCUT2D eigenvalue weighted by molar-refractivity contribution is -0.119. The number of anilines is 1. The molecular formula is C23H28F2N2O. The van der Waals surface area contributed by atoms with Gasteiger partial charge in [-0.25, -0.2) is 8.78 Å². The fourth-order valence-electron chi connectivity index (χ4n) is 4.06. The summed E-state index contributed by atoms with van der Waals surface area (Å²) in [4.78, 5) is 16.7. The van der Waals surface area contributed by atoms with E-state index in [1.165, 1.54) is 18.2 Å². The van der Waals surface area contributed by atoms with Crippen LogP contribution in [0.3, 0.4) is 0 Å². The fourth-order valence-corrected chi connectivity index (χ4v) is 4.06. The lowest BCUT2D eigenvalue weighted by Gasteiger charge is -2.42. The summed E-state index contributed by atoms with van der Waals surface area (Å²) in [6, 6.07) is 13.2. The lowest BCUT2D eigenvalue weighted by atomic mass is 9.91. The van der Waals surface area contributed by atoms with E-state index in [-0.39, 0.29) is 29.5 Å². The molecule has 150 valence electrons. The number of carbonyl (C=O) groups is 1. The number of hydrogen-bond acceptors (Lipinski definition) is 2. The summed E-state index contributed by atoms with van der Waals surface area (Å²) in [5.41, 5.74) is 1.50. The van der Waals surface area contributed by atoms with Crippen LogP contribution >= 0.6 is 0 Å². The first-order chi connectivity index (χ1) is 13.5. The molecule has 1 aliphatic rings. The van der Waals surface area contributed by atoms with Gasteiger partial charge >= 0.3 is 0 Å². The van der Waals surface area contributed by atoms with Gasteiger partial charge in [0.15, 0.2) is 0 Å². The van der Waals surface area contributed by atoms with E-state index in [0.29, 0.717) is 12.1 Å². The number of hydrogen-bond donors (Lipinski definition) is 0. The van der Waals surface area contributed by atoms with Crippen LogP contribution in [0.5, 0.6) is 0 Å². The molecule has 2 unspecified atom stereocenters. The van der Waals surface area contributed by atoms with Gasteiger partial charge in [-0.1, -0.05) is 38.1 Å². The Morgan fingerprint density at radius 1 is 1.14 bits per heavy atom. The molecule has 1 heterocycles. The number of likely N-dealkylation sites (tertiary alicyclic amines) is 1. The molecule has 28 heavy (non-hydrogen) atoms. The Hall–Kier alpha value is -2.27. The van der Waals surface area contributed by atoms with Crippen molar-refractivity contribution in [3.8, 4) is 0 Å². The minimum Gasteiger partial charge on any atom is -0.306 e. The number of para-hydroxylation sites is 1. The van der Waals surface area contributed by atoms with Gasteiger partial charge in [-0.05, 0) is 48.6 Å². The van der Waals surface area contributed by atoms with Crippen LogP contribution in [0, 0.1) is 17.6 Å². The van der Waals surface area contributed by atoms with E-state index in [9.17, 15) is 13.6 Å². The first kappa shape index (κ1) is 20.5. The van der Waals surface area contributed by atoms with Gasteiger partial charge in [0, 0.05) is 32.1 Å². The zero-order valence-corrected chi connectivity index (χ0v) is 16.6. The summed E-state index contributed by atoms with van der Waals surface area (Å²) in [5.74, 6) is -0.374. The van der Waals surface area contributed by atoms with Crippen LogP contribution in [0.1, 0.15) is 32.3 Å². The third-order valence-corrected chi connectivity index (χ3v) is 5.59. The van der Waals surface area contributed by atoms with Gasteiger partial charge in [-0.3, -0.25) is 4.79 Å².